The molecule has 0 aromatic heterocycles. The van der Waals surface area contributed by atoms with E-state index in [1.807, 2.05) is 0 Å². The van der Waals surface area contributed by atoms with Crippen molar-refractivity contribution in [2.24, 2.45) is 5.92 Å². The van der Waals surface area contributed by atoms with Crippen LogP contribution in [0.3, 0.4) is 0 Å². The lowest BCUT2D eigenvalue weighted by atomic mass is 10.0. The van der Waals surface area contributed by atoms with Gasteiger partial charge in [0, 0.05) is 25.6 Å². The van der Waals surface area contributed by atoms with Crippen molar-refractivity contribution in [1.29, 1.82) is 0 Å². The van der Waals surface area contributed by atoms with Crippen molar-refractivity contribution in [2.45, 2.75) is 0 Å². The molecule has 0 atom stereocenters. The topological polar surface area (TPSA) is 60.8 Å². The molecule has 0 amide bonds. The molecule has 4 heteroatoms. The number of rotatable bonds is 3. The molecular formula is C6H11NO3. The van der Waals surface area contributed by atoms with Crippen LogP contribution in [0.25, 0.3) is 0 Å². The number of aliphatic carboxylic acids is 1. The fourth-order valence-electron chi connectivity index (χ4n) is 1.11. The molecule has 0 aromatic rings. The normalized spacial score (nSPS) is 20.5. The molecule has 1 heterocycles. The Kier molecular flexibility index (Phi) is 2.24. The van der Waals surface area contributed by atoms with Crippen LogP contribution in [0.1, 0.15) is 0 Å². The van der Waals surface area contributed by atoms with Crippen LogP contribution >= 0.6 is 0 Å². The van der Waals surface area contributed by atoms with E-state index in [2.05, 4.69) is 0 Å². The average Bonchev–Trinajstić information content (AvgIpc) is 1.76. The monoisotopic (exact) mass is 145 g/mol. The van der Waals surface area contributed by atoms with Crippen LogP contribution < -0.4 is 0 Å². The molecule has 0 unspecified atom stereocenters. The number of carboxylic acids is 1. The highest BCUT2D eigenvalue weighted by Crippen LogP contribution is 2.12. The Balaban J connectivity index is 2.08. The first-order chi connectivity index (χ1) is 4.72. The van der Waals surface area contributed by atoms with Crippen LogP contribution in [0.15, 0.2) is 0 Å². The molecule has 10 heavy (non-hydrogen) atoms. The summed E-state index contributed by atoms with van der Waals surface area (Å²) in [4.78, 5) is 11.9. The molecule has 0 aliphatic carbocycles. The van der Waals surface area contributed by atoms with Gasteiger partial charge in [0.2, 0.25) is 0 Å². The first-order valence-corrected chi connectivity index (χ1v) is 3.27. The van der Waals surface area contributed by atoms with Gasteiger partial charge in [-0.25, -0.2) is 0 Å². The number of likely N-dealkylation sites (tertiary alicyclic amines) is 1. The summed E-state index contributed by atoms with van der Waals surface area (Å²) in [6.45, 7) is 1.73. The number of aliphatic hydroxyl groups is 1. The summed E-state index contributed by atoms with van der Waals surface area (Å²) in [5.41, 5.74) is 0. The van der Waals surface area contributed by atoms with Crippen molar-refractivity contribution in [3.05, 3.63) is 0 Å². The van der Waals surface area contributed by atoms with E-state index in [1.165, 1.54) is 0 Å². The molecule has 0 saturated carbocycles. The number of aliphatic hydroxyl groups excluding tert-OH is 1. The third kappa shape index (κ3) is 1.68. The second kappa shape index (κ2) is 2.98. The van der Waals surface area contributed by atoms with Crippen LogP contribution in [-0.2, 0) is 4.79 Å². The van der Waals surface area contributed by atoms with E-state index in [0.29, 0.717) is 5.92 Å². The van der Waals surface area contributed by atoms with Gasteiger partial charge in [0.05, 0.1) is 6.54 Å². The van der Waals surface area contributed by atoms with Crippen LogP contribution in [0, 0.1) is 5.92 Å². The van der Waals surface area contributed by atoms with Crippen molar-refractivity contribution >= 4 is 5.97 Å². The second-order valence-electron chi connectivity index (χ2n) is 2.64. The molecule has 0 bridgehead atoms. The molecule has 1 aliphatic rings. The molecule has 0 aromatic carbocycles. The average molecular weight is 145 g/mol. The molecular weight excluding hydrogens is 134 g/mol. The number of nitrogens with zero attached hydrogens (tertiary/aromatic N) is 1. The summed E-state index contributed by atoms with van der Waals surface area (Å²) in [5.74, 6) is -0.490. The van der Waals surface area contributed by atoms with Gasteiger partial charge in [-0.15, -0.1) is 0 Å². The van der Waals surface area contributed by atoms with Crippen LogP contribution in [-0.4, -0.2) is 47.3 Å². The zero-order valence-electron chi connectivity index (χ0n) is 5.66. The minimum absolute atomic E-state index is 0.108. The van der Waals surface area contributed by atoms with Gasteiger partial charge in [-0.1, -0.05) is 0 Å². The first kappa shape index (κ1) is 7.50. The van der Waals surface area contributed by atoms with Crippen molar-refractivity contribution in [2.75, 3.05) is 26.2 Å². The van der Waals surface area contributed by atoms with Gasteiger partial charge < -0.3 is 10.2 Å². The smallest absolute Gasteiger partial charge is 0.317 e. The Bertz CT molecular complexity index is 131. The van der Waals surface area contributed by atoms with Crippen molar-refractivity contribution in [3.63, 3.8) is 0 Å². The SMILES string of the molecule is O=C(O)CN1CC(CO)C1. The summed E-state index contributed by atoms with van der Waals surface area (Å²) in [6.07, 6.45) is 0. The second-order valence-corrected chi connectivity index (χ2v) is 2.64. The van der Waals surface area contributed by atoms with E-state index in [4.69, 9.17) is 10.2 Å². The van der Waals surface area contributed by atoms with Gasteiger partial charge in [0.1, 0.15) is 0 Å². The van der Waals surface area contributed by atoms with Gasteiger partial charge in [0.25, 0.3) is 0 Å². The Morgan fingerprint density at radius 1 is 1.60 bits per heavy atom. The minimum atomic E-state index is -0.795. The Hall–Kier alpha value is -0.610. The fraction of sp³-hybridized carbons (Fsp3) is 0.833. The maximum absolute atomic E-state index is 10.1. The summed E-state index contributed by atoms with van der Waals surface area (Å²) in [5, 5.41) is 16.9. The Morgan fingerprint density at radius 2 is 2.20 bits per heavy atom. The molecule has 1 saturated heterocycles. The molecule has 1 fully saturated rings. The van der Waals surface area contributed by atoms with Gasteiger partial charge >= 0.3 is 5.97 Å². The number of hydrogen-bond donors (Lipinski definition) is 2. The molecule has 0 radical (unpaired) electrons. The van der Waals surface area contributed by atoms with Gasteiger partial charge in [0.15, 0.2) is 0 Å². The third-order valence-corrected chi connectivity index (χ3v) is 1.65. The van der Waals surface area contributed by atoms with E-state index in [9.17, 15) is 4.79 Å². The van der Waals surface area contributed by atoms with Crippen molar-refractivity contribution in [1.82, 2.24) is 4.90 Å². The Morgan fingerprint density at radius 3 is 2.60 bits per heavy atom. The standard InChI is InChI=1S/C6H11NO3/c8-4-5-1-7(2-5)3-6(9)10/h5,8H,1-4H2,(H,9,10). The lowest BCUT2D eigenvalue weighted by Gasteiger charge is -2.36. The van der Waals surface area contributed by atoms with E-state index >= 15 is 0 Å². The summed E-state index contributed by atoms with van der Waals surface area (Å²) in [7, 11) is 0. The van der Waals surface area contributed by atoms with Gasteiger partial charge in [-0.05, 0) is 0 Å². The maximum Gasteiger partial charge on any atom is 0.317 e. The quantitative estimate of drug-likeness (QED) is 0.534. The lowest BCUT2D eigenvalue weighted by molar-refractivity contribution is -0.140. The van der Waals surface area contributed by atoms with Crippen LogP contribution in [0.4, 0.5) is 0 Å². The highest BCUT2D eigenvalue weighted by atomic mass is 16.4. The largest absolute Gasteiger partial charge is 0.480 e. The lowest BCUT2D eigenvalue weighted by Crippen LogP contribution is -2.50. The molecule has 2 N–H and O–H groups in total. The minimum Gasteiger partial charge on any atom is -0.480 e. The predicted octanol–water partition coefficient (Wildman–Crippen LogP) is -1.00. The first-order valence-electron chi connectivity index (χ1n) is 3.27. The fourth-order valence-corrected chi connectivity index (χ4v) is 1.11. The summed E-state index contributed by atoms with van der Waals surface area (Å²) < 4.78 is 0. The van der Waals surface area contributed by atoms with Gasteiger partial charge in [-0.2, -0.15) is 0 Å². The highest BCUT2D eigenvalue weighted by molar-refractivity contribution is 5.69. The predicted molar refractivity (Wildman–Crippen MR) is 34.7 cm³/mol. The molecule has 58 valence electrons. The number of hydrogen-bond acceptors (Lipinski definition) is 3. The summed E-state index contributed by atoms with van der Waals surface area (Å²) in [6, 6.07) is 0. The molecule has 1 rings (SSSR count). The zero-order chi connectivity index (χ0) is 7.56. The van der Waals surface area contributed by atoms with Crippen molar-refractivity contribution < 1.29 is 15.0 Å². The maximum atomic E-state index is 10.1. The van der Waals surface area contributed by atoms with Crippen LogP contribution in [0.2, 0.25) is 0 Å². The van der Waals surface area contributed by atoms with E-state index in [-0.39, 0.29) is 13.2 Å². The molecule has 0 spiro atoms. The van der Waals surface area contributed by atoms with Crippen LogP contribution in [0.5, 0.6) is 0 Å². The third-order valence-electron chi connectivity index (χ3n) is 1.65. The molecule has 1 aliphatic heterocycles. The number of carboxylic acid groups (broad SMARTS) is 1. The number of carbonyl (C=O) groups is 1. The molecule has 4 nitrogen and oxygen atoms in total. The zero-order valence-corrected chi connectivity index (χ0v) is 5.66. The highest BCUT2D eigenvalue weighted by Gasteiger charge is 2.26. The van der Waals surface area contributed by atoms with E-state index in [1.54, 1.807) is 4.90 Å². The van der Waals surface area contributed by atoms with Gasteiger partial charge in [-0.3, -0.25) is 9.69 Å². The summed E-state index contributed by atoms with van der Waals surface area (Å²) >= 11 is 0. The Labute approximate surface area is 59.1 Å². The van der Waals surface area contributed by atoms with Crippen molar-refractivity contribution in [3.8, 4) is 0 Å². The van der Waals surface area contributed by atoms with E-state index in [0.717, 1.165) is 13.1 Å². The van der Waals surface area contributed by atoms with E-state index < -0.39 is 5.97 Å².